The first-order chi connectivity index (χ1) is 8.41. The van der Waals surface area contributed by atoms with Gasteiger partial charge in [0.15, 0.2) is 0 Å². The third-order valence-electron chi connectivity index (χ3n) is 3.13. The zero-order valence-corrected chi connectivity index (χ0v) is 11.9. The van der Waals surface area contributed by atoms with Crippen LogP contribution in [0.1, 0.15) is 36.7 Å². The van der Waals surface area contributed by atoms with E-state index in [1.807, 2.05) is 0 Å². The predicted molar refractivity (Wildman–Crippen MR) is 78.7 cm³/mol. The van der Waals surface area contributed by atoms with Crippen LogP contribution in [-0.4, -0.2) is 17.4 Å². The quantitative estimate of drug-likeness (QED) is 0.803. The van der Waals surface area contributed by atoms with Crippen LogP contribution in [0.5, 0.6) is 0 Å². The second-order valence-corrected chi connectivity index (χ2v) is 5.32. The fraction of sp³-hybridized carbons (Fsp3) is 0.429. The first-order valence-electron chi connectivity index (χ1n) is 6.10. The van der Waals surface area contributed by atoms with Crippen molar-refractivity contribution >= 4 is 23.1 Å². The Morgan fingerprint density at radius 2 is 1.94 bits per heavy atom. The normalized spacial score (nSPS) is 12.2. The molecule has 18 heavy (non-hydrogen) atoms. The van der Waals surface area contributed by atoms with Crippen LogP contribution < -0.4 is 11.1 Å². The molecule has 1 rings (SSSR count). The Kier molecular flexibility index (Phi) is 5.28. The summed E-state index contributed by atoms with van der Waals surface area (Å²) in [5.41, 5.74) is 6.86. The van der Waals surface area contributed by atoms with Crippen molar-refractivity contribution in [1.82, 2.24) is 5.32 Å². The molecular weight excluding hydrogens is 244 g/mol. The average Bonchev–Trinajstić information content (AvgIpc) is 2.35. The molecule has 0 aliphatic carbocycles. The second kappa shape index (κ2) is 6.50. The van der Waals surface area contributed by atoms with Crippen LogP contribution in [0.3, 0.4) is 0 Å². The van der Waals surface area contributed by atoms with E-state index >= 15 is 0 Å². The molecule has 0 fully saturated rings. The van der Waals surface area contributed by atoms with Gasteiger partial charge < -0.3 is 11.1 Å². The van der Waals surface area contributed by atoms with Gasteiger partial charge in [-0.2, -0.15) is 0 Å². The van der Waals surface area contributed by atoms with E-state index in [1.54, 1.807) is 24.3 Å². The molecule has 0 saturated heterocycles. The minimum atomic E-state index is -0.0828. The molecular formula is C14H20N2OS. The number of carbonyl (C=O) groups excluding carboxylic acids is 1. The first-order valence-corrected chi connectivity index (χ1v) is 6.50. The number of rotatable bonds is 5. The highest BCUT2D eigenvalue weighted by atomic mass is 32.1. The third kappa shape index (κ3) is 4.11. The van der Waals surface area contributed by atoms with Crippen LogP contribution in [0.4, 0.5) is 0 Å². The van der Waals surface area contributed by atoms with Gasteiger partial charge in [-0.25, -0.2) is 0 Å². The highest BCUT2D eigenvalue weighted by Crippen LogP contribution is 2.09. The molecule has 98 valence electrons. The zero-order valence-electron chi connectivity index (χ0n) is 11.1. The lowest BCUT2D eigenvalue weighted by atomic mass is 9.98. The molecule has 0 spiro atoms. The summed E-state index contributed by atoms with van der Waals surface area (Å²) in [5.74, 6) is 0.918. The van der Waals surface area contributed by atoms with Crippen LogP contribution in [0.15, 0.2) is 24.3 Å². The maximum atomic E-state index is 12.0. The number of hydrogen-bond donors (Lipinski definition) is 2. The summed E-state index contributed by atoms with van der Waals surface area (Å²) in [7, 11) is 0. The SMILES string of the molecule is CC(C)C(C)CNC(=O)c1cccc(C(N)=S)c1. The number of carbonyl (C=O) groups is 1. The van der Waals surface area contributed by atoms with E-state index in [1.165, 1.54) is 0 Å². The van der Waals surface area contributed by atoms with Crippen LogP contribution in [0.2, 0.25) is 0 Å². The lowest BCUT2D eigenvalue weighted by molar-refractivity contribution is 0.0945. The van der Waals surface area contributed by atoms with Crippen molar-refractivity contribution in [1.29, 1.82) is 0 Å². The van der Waals surface area contributed by atoms with E-state index in [0.29, 0.717) is 28.9 Å². The lowest BCUT2D eigenvalue weighted by Crippen LogP contribution is -2.30. The van der Waals surface area contributed by atoms with E-state index in [2.05, 4.69) is 26.1 Å². The number of benzene rings is 1. The molecule has 0 saturated carbocycles. The highest BCUT2D eigenvalue weighted by molar-refractivity contribution is 7.80. The third-order valence-corrected chi connectivity index (χ3v) is 3.37. The first kappa shape index (κ1) is 14.6. The molecule has 0 radical (unpaired) electrons. The van der Waals surface area contributed by atoms with Crippen LogP contribution in [0.25, 0.3) is 0 Å². The molecule has 1 aromatic carbocycles. The van der Waals surface area contributed by atoms with Crippen molar-refractivity contribution in [3.63, 3.8) is 0 Å². The van der Waals surface area contributed by atoms with Gasteiger partial charge in [-0.3, -0.25) is 4.79 Å². The summed E-state index contributed by atoms with van der Waals surface area (Å²) in [5, 5.41) is 2.92. The van der Waals surface area contributed by atoms with Gasteiger partial charge in [-0.15, -0.1) is 0 Å². The number of hydrogen-bond acceptors (Lipinski definition) is 2. The summed E-state index contributed by atoms with van der Waals surface area (Å²) in [6, 6.07) is 7.07. The van der Waals surface area contributed by atoms with Gasteiger partial charge in [-0.05, 0) is 24.0 Å². The molecule has 0 heterocycles. The molecule has 1 amide bonds. The van der Waals surface area contributed by atoms with Gasteiger partial charge in [0.05, 0.1) is 0 Å². The molecule has 0 aromatic heterocycles. The summed E-state index contributed by atoms with van der Waals surface area (Å²) < 4.78 is 0. The summed E-state index contributed by atoms with van der Waals surface area (Å²) in [6.07, 6.45) is 0. The average molecular weight is 264 g/mol. The number of amides is 1. The summed E-state index contributed by atoms with van der Waals surface area (Å²) >= 11 is 4.89. The Morgan fingerprint density at radius 3 is 2.50 bits per heavy atom. The van der Waals surface area contributed by atoms with Gasteiger partial charge in [0.2, 0.25) is 0 Å². The standard InChI is InChI=1S/C14H20N2OS/c1-9(2)10(3)8-16-14(17)12-6-4-5-11(7-12)13(15)18/h4-7,9-10H,8H2,1-3H3,(H2,15,18)(H,16,17). The van der Waals surface area contributed by atoms with Crippen molar-refractivity contribution < 1.29 is 4.79 Å². The van der Waals surface area contributed by atoms with Gasteiger partial charge in [0.1, 0.15) is 4.99 Å². The lowest BCUT2D eigenvalue weighted by Gasteiger charge is -2.16. The highest BCUT2D eigenvalue weighted by Gasteiger charge is 2.11. The van der Waals surface area contributed by atoms with Crippen molar-refractivity contribution in [3.05, 3.63) is 35.4 Å². The number of nitrogens with one attached hydrogen (secondary N) is 1. The van der Waals surface area contributed by atoms with Crippen molar-refractivity contribution in [2.45, 2.75) is 20.8 Å². The monoisotopic (exact) mass is 264 g/mol. The molecule has 0 aliphatic rings. The zero-order chi connectivity index (χ0) is 13.7. The fourth-order valence-corrected chi connectivity index (χ4v) is 1.53. The van der Waals surface area contributed by atoms with Crippen LogP contribution >= 0.6 is 12.2 Å². The van der Waals surface area contributed by atoms with Gasteiger partial charge >= 0.3 is 0 Å². The topological polar surface area (TPSA) is 55.1 Å². The number of thiocarbonyl (C=S) groups is 1. The molecule has 1 aromatic rings. The Bertz CT molecular complexity index is 443. The van der Waals surface area contributed by atoms with Crippen molar-refractivity contribution in [3.8, 4) is 0 Å². The van der Waals surface area contributed by atoms with Gasteiger partial charge in [-0.1, -0.05) is 45.1 Å². The minimum absolute atomic E-state index is 0.0828. The predicted octanol–water partition coefficient (Wildman–Crippen LogP) is 2.34. The summed E-state index contributed by atoms with van der Waals surface area (Å²) in [6.45, 7) is 7.08. The molecule has 1 atom stereocenters. The van der Waals surface area contributed by atoms with E-state index < -0.39 is 0 Å². The van der Waals surface area contributed by atoms with E-state index in [9.17, 15) is 4.79 Å². The van der Waals surface area contributed by atoms with Gasteiger partial charge in [0, 0.05) is 17.7 Å². The minimum Gasteiger partial charge on any atom is -0.389 e. The smallest absolute Gasteiger partial charge is 0.251 e. The maximum absolute atomic E-state index is 12.0. The largest absolute Gasteiger partial charge is 0.389 e. The Labute approximate surface area is 114 Å². The Hall–Kier alpha value is -1.42. The van der Waals surface area contributed by atoms with Crippen molar-refractivity contribution in [2.75, 3.05) is 6.54 Å². The Balaban J connectivity index is 2.67. The number of nitrogens with two attached hydrogens (primary N) is 1. The molecule has 1 unspecified atom stereocenters. The maximum Gasteiger partial charge on any atom is 0.251 e. The Morgan fingerprint density at radius 1 is 1.33 bits per heavy atom. The second-order valence-electron chi connectivity index (χ2n) is 4.88. The molecule has 4 heteroatoms. The molecule has 3 nitrogen and oxygen atoms in total. The molecule has 0 aliphatic heterocycles. The van der Waals surface area contributed by atoms with Crippen molar-refractivity contribution in [2.24, 2.45) is 17.6 Å². The molecule has 0 bridgehead atoms. The molecule has 3 N–H and O–H groups in total. The van der Waals surface area contributed by atoms with Crippen LogP contribution in [0, 0.1) is 11.8 Å². The van der Waals surface area contributed by atoms with E-state index in [4.69, 9.17) is 18.0 Å². The summed E-state index contributed by atoms with van der Waals surface area (Å²) in [4.78, 5) is 12.3. The fourth-order valence-electron chi connectivity index (χ4n) is 1.41. The van der Waals surface area contributed by atoms with Gasteiger partial charge in [0.25, 0.3) is 5.91 Å². The van der Waals surface area contributed by atoms with E-state index in [0.717, 1.165) is 5.56 Å². The van der Waals surface area contributed by atoms with E-state index in [-0.39, 0.29) is 5.91 Å². The van der Waals surface area contributed by atoms with Crippen LogP contribution in [-0.2, 0) is 0 Å².